The maximum absolute atomic E-state index is 12.3. The van der Waals surface area contributed by atoms with Crippen molar-refractivity contribution >= 4 is 29.1 Å². The lowest BCUT2D eigenvalue weighted by Gasteiger charge is -2.10. The van der Waals surface area contributed by atoms with Gasteiger partial charge >= 0.3 is 0 Å². The van der Waals surface area contributed by atoms with E-state index in [4.69, 9.17) is 17.3 Å². The lowest BCUT2D eigenvalue weighted by molar-refractivity contribution is -0.116. The summed E-state index contributed by atoms with van der Waals surface area (Å²) >= 11 is 5.85. The number of carbonyl (C=O) groups is 2. The second-order valence-electron chi connectivity index (χ2n) is 5.71. The van der Waals surface area contributed by atoms with Crippen LogP contribution >= 0.6 is 11.6 Å². The average molecular weight is 383 g/mol. The molecule has 3 rings (SSSR count). The van der Waals surface area contributed by atoms with Crippen molar-refractivity contribution in [3.8, 4) is 11.3 Å². The lowest BCUT2D eigenvalue weighted by Crippen LogP contribution is -2.28. The molecule has 3 N–H and O–H groups in total. The summed E-state index contributed by atoms with van der Waals surface area (Å²) in [6.45, 7) is -0.250. The molecule has 0 atom stereocenters. The molecule has 0 spiro atoms. The number of hydrogen-bond donors (Lipinski definition) is 2. The third-order valence-electron chi connectivity index (χ3n) is 3.80. The minimum atomic E-state index is -0.656. The normalized spacial score (nSPS) is 10.4. The Balaban J connectivity index is 1.76. The van der Waals surface area contributed by atoms with Gasteiger partial charge in [0, 0.05) is 16.7 Å². The monoisotopic (exact) mass is 382 g/mol. The number of amides is 2. The second kappa shape index (κ2) is 7.84. The summed E-state index contributed by atoms with van der Waals surface area (Å²) in [4.78, 5) is 40.1. The first-order valence-corrected chi connectivity index (χ1v) is 8.33. The molecule has 0 aliphatic heterocycles. The summed E-state index contributed by atoms with van der Waals surface area (Å²) in [5, 5.41) is 3.16. The Morgan fingerprint density at radius 1 is 1.11 bits per heavy atom. The number of nitrogens with two attached hydrogens (primary N) is 1. The summed E-state index contributed by atoms with van der Waals surface area (Å²) < 4.78 is 1.17. The van der Waals surface area contributed by atoms with Gasteiger partial charge in [-0.15, -0.1) is 0 Å². The Morgan fingerprint density at radius 2 is 1.81 bits per heavy atom. The van der Waals surface area contributed by atoms with Gasteiger partial charge in [0.05, 0.1) is 23.3 Å². The first-order valence-electron chi connectivity index (χ1n) is 7.95. The molecule has 0 fully saturated rings. The van der Waals surface area contributed by atoms with Crippen molar-refractivity contribution < 1.29 is 9.59 Å². The Morgan fingerprint density at radius 3 is 2.48 bits per heavy atom. The fourth-order valence-corrected chi connectivity index (χ4v) is 2.60. The van der Waals surface area contributed by atoms with Gasteiger partial charge in [0.2, 0.25) is 5.91 Å². The van der Waals surface area contributed by atoms with Crippen LogP contribution in [0.3, 0.4) is 0 Å². The molecule has 0 bridgehead atoms. The zero-order valence-electron chi connectivity index (χ0n) is 14.1. The molecule has 8 heteroatoms. The Kier molecular flexibility index (Phi) is 5.33. The predicted molar refractivity (Wildman–Crippen MR) is 103 cm³/mol. The van der Waals surface area contributed by atoms with E-state index >= 15 is 0 Å². The van der Waals surface area contributed by atoms with Crippen molar-refractivity contribution in [3.05, 3.63) is 81.9 Å². The van der Waals surface area contributed by atoms with E-state index in [9.17, 15) is 14.4 Å². The van der Waals surface area contributed by atoms with Crippen LogP contribution in [-0.4, -0.2) is 21.4 Å². The van der Waals surface area contributed by atoms with Gasteiger partial charge in [0.25, 0.3) is 11.5 Å². The number of aromatic nitrogens is 2. The van der Waals surface area contributed by atoms with E-state index in [1.807, 2.05) is 0 Å². The molecule has 136 valence electrons. The molecule has 2 amide bonds. The van der Waals surface area contributed by atoms with Gasteiger partial charge in [0.1, 0.15) is 6.54 Å². The standard InChI is InChI=1S/C19H15ClN4O3/c20-13-7-5-12(6-8-13)16-9-18(26)24(11-22-16)10-17(25)23-15-4-2-1-3-14(15)19(21)27/h1-9,11H,10H2,(H2,21,27)(H,23,25). The van der Waals surface area contributed by atoms with Crippen LogP contribution < -0.4 is 16.6 Å². The van der Waals surface area contributed by atoms with Crippen LogP contribution in [-0.2, 0) is 11.3 Å². The van der Waals surface area contributed by atoms with Crippen LogP contribution in [0.15, 0.2) is 65.7 Å². The maximum Gasteiger partial charge on any atom is 0.254 e. The number of nitrogens with zero attached hydrogens (tertiary/aromatic N) is 2. The number of nitrogens with one attached hydrogen (secondary N) is 1. The molecule has 0 unspecified atom stereocenters. The van der Waals surface area contributed by atoms with Gasteiger partial charge in [-0.2, -0.15) is 0 Å². The number of anilines is 1. The molecule has 0 radical (unpaired) electrons. The highest BCUT2D eigenvalue weighted by Gasteiger charge is 2.12. The highest BCUT2D eigenvalue weighted by molar-refractivity contribution is 6.30. The van der Waals surface area contributed by atoms with E-state index in [1.54, 1.807) is 42.5 Å². The smallest absolute Gasteiger partial charge is 0.254 e. The van der Waals surface area contributed by atoms with Gasteiger partial charge in [-0.1, -0.05) is 35.9 Å². The maximum atomic E-state index is 12.3. The number of carbonyl (C=O) groups excluding carboxylic acids is 2. The van der Waals surface area contributed by atoms with Crippen molar-refractivity contribution in [2.24, 2.45) is 5.73 Å². The minimum absolute atomic E-state index is 0.189. The number of rotatable bonds is 5. The van der Waals surface area contributed by atoms with Crippen LogP contribution in [0.1, 0.15) is 10.4 Å². The topological polar surface area (TPSA) is 107 Å². The predicted octanol–water partition coefficient (Wildman–Crippen LogP) is 2.30. The molecule has 0 aliphatic carbocycles. The minimum Gasteiger partial charge on any atom is -0.366 e. The average Bonchev–Trinajstić information content (AvgIpc) is 2.64. The van der Waals surface area contributed by atoms with E-state index in [-0.39, 0.29) is 23.4 Å². The molecule has 0 saturated heterocycles. The molecule has 1 aromatic heterocycles. The second-order valence-corrected chi connectivity index (χ2v) is 6.14. The lowest BCUT2D eigenvalue weighted by atomic mass is 10.1. The number of para-hydroxylation sites is 1. The van der Waals surface area contributed by atoms with E-state index in [0.717, 1.165) is 5.56 Å². The van der Waals surface area contributed by atoms with Gasteiger partial charge in [-0.25, -0.2) is 4.98 Å². The largest absolute Gasteiger partial charge is 0.366 e. The molecule has 1 heterocycles. The van der Waals surface area contributed by atoms with Gasteiger partial charge in [-0.05, 0) is 24.3 Å². The van der Waals surface area contributed by atoms with Gasteiger partial charge in [0.15, 0.2) is 0 Å². The van der Waals surface area contributed by atoms with Gasteiger partial charge < -0.3 is 11.1 Å². The molecule has 27 heavy (non-hydrogen) atoms. The number of benzene rings is 2. The van der Waals surface area contributed by atoms with E-state index in [2.05, 4.69) is 10.3 Å². The highest BCUT2D eigenvalue weighted by atomic mass is 35.5. The zero-order valence-corrected chi connectivity index (χ0v) is 14.8. The first kappa shape index (κ1) is 18.3. The highest BCUT2D eigenvalue weighted by Crippen LogP contribution is 2.18. The van der Waals surface area contributed by atoms with E-state index < -0.39 is 11.8 Å². The number of primary amides is 1. The van der Waals surface area contributed by atoms with Crippen LogP contribution in [0.5, 0.6) is 0 Å². The fourth-order valence-electron chi connectivity index (χ4n) is 2.47. The number of halogens is 1. The summed E-state index contributed by atoms with van der Waals surface area (Å²) in [5.74, 6) is -1.14. The van der Waals surface area contributed by atoms with Crippen LogP contribution in [0.2, 0.25) is 5.02 Å². The molecule has 3 aromatic rings. The molecular weight excluding hydrogens is 368 g/mol. The van der Waals surface area contributed by atoms with Crippen molar-refractivity contribution in [2.75, 3.05) is 5.32 Å². The fraction of sp³-hybridized carbons (Fsp3) is 0.0526. The van der Waals surface area contributed by atoms with Crippen molar-refractivity contribution in [3.63, 3.8) is 0 Å². The summed E-state index contributed by atoms with van der Waals surface area (Å²) in [6.07, 6.45) is 1.30. The van der Waals surface area contributed by atoms with Crippen molar-refractivity contribution in [2.45, 2.75) is 6.54 Å². The molecule has 0 aliphatic rings. The van der Waals surface area contributed by atoms with Crippen molar-refractivity contribution in [1.82, 2.24) is 9.55 Å². The van der Waals surface area contributed by atoms with Crippen LogP contribution in [0, 0.1) is 0 Å². The molecule has 2 aromatic carbocycles. The molecule has 0 saturated carbocycles. The first-order chi connectivity index (χ1) is 12.9. The van der Waals surface area contributed by atoms with Crippen LogP contribution in [0.4, 0.5) is 5.69 Å². The SMILES string of the molecule is NC(=O)c1ccccc1NC(=O)Cn1cnc(-c2ccc(Cl)cc2)cc1=O. The summed E-state index contributed by atoms with van der Waals surface area (Å²) in [7, 11) is 0. The third kappa shape index (κ3) is 4.39. The van der Waals surface area contributed by atoms with Gasteiger partial charge in [-0.3, -0.25) is 19.0 Å². The molecule has 7 nitrogen and oxygen atoms in total. The Bertz CT molecular complexity index is 1060. The van der Waals surface area contributed by atoms with E-state index in [1.165, 1.54) is 23.0 Å². The van der Waals surface area contributed by atoms with E-state index in [0.29, 0.717) is 10.7 Å². The summed E-state index contributed by atoms with van der Waals surface area (Å²) in [5.41, 5.74) is 6.60. The number of hydrogen-bond acceptors (Lipinski definition) is 4. The molecular formula is C19H15ClN4O3. The van der Waals surface area contributed by atoms with Crippen LogP contribution in [0.25, 0.3) is 11.3 Å². The zero-order chi connectivity index (χ0) is 19.4. The third-order valence-corrected chi connectivity index (χ3v) is 4.05. The Labute approximate surface area is 159 Å². The summed E-state index contributed by atoms with van der Waals surface area (Å²) in [6, 6.07) is 14.6. The van der Waals surface area contributed by atoms with Crippen molar-refractivity contribution in [1.29, 1.82) is 0 Å². The Hall–Kier alpha value is -3.45. The quantitative estimate of drug-likeness (QED) is 0.705.